The Kier molecular flexibility index (Phi) is 7.40. The van der Waals surface area contributed by atoms with E-state index >= 15 is 0 Å². The number of fused-ring (bicyclic) bond motifs is 1. The molecule has 3 aromatic carbocycles. The molecule has 9 heteroatoms. The minimum Gasteiger partial charge on any atom is -0.496 e. The fourth-order valence-electron chi connectivity index (χ4n) is 5.29. The van der Waals surface area contributed by atoms with Gasteiger partial charge in [0.25, 0.3) is 11.8 Å². The van der Waals surface area contributed by atoms with Crippen LogP contribution < -0.4 is 19.1 Å². The van der Waals surface area contributed by atoms with Gasteiger partial charge < -0.3 is 24.0 Å². The lowest BCUT2D eigenvalue weighted by molar-refractivity contribution is -0.130. The number of anilines is 1. The Morgan fingerprint density at radius 3 is 2.13 bits per heavy atom. The molecule has 202 valence electrons. The lowest BCUT2D eigenvalue weighted by Crippen LogP contribution is -2.49. The van der Waals surface area contributed by atoms with Crippen molar-refractivity contribution < 1.29 is 28.6 Å². The molecule has 0 aliphatic carbocycles. The van der Waals surface area contributed by atoms with Gasteiger partial charge in [0.05, 0.1) is 51.1 Å². The van der Waals surface area contributed by atoms with Crippen LogP contribution in [0.5, 0.6) is 17.2 Å². The summed E-state index contributed by atoms with van der Waals surface area (Å²) >= 11 is 0. The lowest BCUT2D eigenvalue weighted by atomic mass is 10.1. The molecule has 3 aromatic rings. The SMILES string of the molecule is COc1ccccc1CC(=O)N1CCN(c2cccc3c2C(=O)N(Cc2cccc(OC)c2OC)C3=O)CC1. The van der Waals surface area contributed by atoms with Gasteiger partial charge in [0, 0.05) is 37.3 Å². The highest BCUT2D eigenvalue weighted by Gasteiger charge is 2.39. The first kappa shape index (κ1) is 26.1. The highest BCUT2D eigenvalue weighted by atomic mass is 16.5. The number of para-hydroxylation sites is 2. The van der Waals surface area contributed by atoms with E-state index in [9.17, 15) is 14.4 Å². The number of benzene rings is 3. The van der Waals surface area contributed by atoms with Crippen molar-refractivity contribution in [2.75, 3.05) is 52.4 Å². The number of carbonyl (C=O) groups excluding carboxylic acids is 3. The number of ether oxygens (including phenoxy) is 3. The number of rotatable bonds is 8. The number of hydrogen-bond acceptors (Lipinski definition) is 7. The van der Waals surface area contributed by atoms with Crippen LogP contribution in [0.2, 0.25) is 0 Å². The molecule has 39 heavy (non-hydrogen) atoms. The monoisotopic (exact) mass is 529 g/mol. The minimum atomic E-state index is -0.342. The average Bonchev–Trinajstić information content (AvgIpc) is 3.22. The lowest BCUT2D eigenvalue weighted by Gasteiger charge is -2.36. The molecule has 2 heterocycles. The molecule has 0 saturated carbocycles. The first-order valence-corrected chi connectivity index (χ1v) is 12.8. The Morgan fingerprint density at radius 1 is 0.744 bits per heavy atom. The Morgan fingerprint density at radius 2 is 1.41 bits per heavy atom. The maximum absolute atomic E-state index is 13.6. The summed E-state index contributed by atoms with van der Waals surface area (Å²) in [6, 6.07) is 18.3. The molecule has 0 N–H and O–H groups in total. The molecule has 5 rings (SSSR count). The first-order valence-electron chi connectivity index (χ1n) is 12.8. The highest BCUT2D eigenvalue weighted by Crippen LogP contribution is 2.36. The summed E-state index contributed by atoms with van der Waals surface area (Å²) in [7, 11) is 4.67. The van der Waals surface area contributed by atoms with Gasteiger partial charge in [0.15, 0.2) is 11.5 Å². The van der Waals surface area contributed by atoms with Crippen LogP contribution in [0.15, 0.2) is 60.7 Å². The normalized spacial score (nSPS) is 14.9. The summed E-state index contributed by atoms with van der Waals surface area (Å²) in [6.45, 7) is 2.21. The van der Waals surface area contributed by atoms with Gasteiger partial charge in [-0.2, -0.15) is 0 Å². The Balaban J connectivity index is 1.31. The predicted octanol–water partition coefficient (Wildman–Crippen LogP) is 3.40. The van der Waals surface area contributed by atoms with Gasteiger partial charge >= 0.3 is 0 Å². The molecule has 3 amide bonds. The largest absolute Gasteiger partial charge is 0.496 e. The molecule has 0 radical (unpaired) electrons. The second-order valence-corrected chi connectivity index (χ2v) is 9.41. The average molecular weight is 530 g/mol. The third kappa shape index (κ3) is 4.87. The van der Waals surface area contributed by atoms with Gasteiger partial charge in [-0.3, -0.25) is 19.3 Å². The Labute approximate surface area is 227 Å². The molecule has 9 nitrogen and oxygen atoms in total. The van der Waals surface area contributed by atoms with Crippen molar-refractivity contribution in [2.45, 2.75) is 13.0 Å². The maximum Gasteiger partial charge on any atom is 0.263 e. The maximum atomic E-state index is 13.6. The van der Waals surface area contributed by atoms with Gasteiger partial charge in [-0.05, 0) is 24.3 Å². The van der Waals surface area contributed by atoms with Crippen LogP contribution in [-0.2, 0) is 17.8 Å². The number of carbonyl (C=O) groups is 3. The summed E-state index contributed by atoms with van der Waals surface area (Å²) in [5.41, 5.74) is 3.02. The van der Waals surface area contributed by atoms with Gasteiger partial charge in [-0.15, -0.1) is 0 Å². The Bertz CT molecular complexity index is 1410. The third-order valence-corrected chi connectivity index (χ3v) is 7.30. The quantitative estimate of drug-likeness (QED) is 0.413. The van der Waals surface area contributed by atoms with Crippen LogP contribution in [0.1, 0.15) is 31.8 Å². The van der Waals surface area contributed by atoms with Crippen LogP contribution in [0.3, 0.4) is 0 Å². The molecular formula is C30H31N3O6. The third-order valence-electron chi connectivity index (χ3n) is 7.30. The van der Waals surface area contributed by atoms with Crippen molar-refractivity contribution in [1.29, 1.82) is 0 Å². The van der Waals surface area contributed by atoms with Crippen molar-refractivity contribution >= 4 is 23.4 Å². The number of hydrogen-bond donors (Lipinski definition) is 0. The topological polar surface area (TPSA) is 88.6 Å². The van der Waals surface area contributed by atoms with Crippen molar-refractivity contribution in [3.63, 3.8) is 0 Å². The first-order chi connectivity index (χ1) is 19.0. The predicted molar refractivity (Wildman–Crippen MR) is 146 cm³/mol. The van der Waals surface area contributed by atoms with E-state index < -0.39 is 0 Å². The number of amides is 3. The van der Waals surface area contributed by atoms with Crippen molar-refractivity contribution in [1.82, 2.24) is 9.80 Å². The molecule has 2 aliphatic rings. The van der Waals surface area contributed by atoms with Gasteiger partial charge in [-0.25, -0.2) is 0 Å². The molecular weight excluding hydrogens is 498 g/mol. The molecule has 0 spiro atoms. The van der Waals surface area contributed by atoms with Gasteiger partial charge in [0.2, 0.25) is 5.91 Å². The zero-order valence-electron chi connectivity index (χ0n) is 22.3. The zero-order valence-corrected chi connectivity index (χ0v) is 22.3. The molecule has 2 aliphatic heterocycles. The van der Waals surface area contributed by atoms with Crippen molar-refractivity contribution in [3.8, 4) is 17.2 Å². The molecule has 1 fully saturated rings. The number of nitrogens with zero attached hydrogens (tertiary/aromatic N) is 3. The summed E-state index contributed by atoms with van der Waals surface area (Å²) in [5, 5.41) is 0. The summed E-state index contributed by atoms with van der Waals surface area (Å²) in [5.74, 6) is 1.07. The van der Waals surface area contributed by atoms with Gasteiger partial charge in [-0.1, -0.05) is 36.4 Å². The van der Waals surface area contributed by atoms with E-state index in [4.69, 9.17) is 14.2 Å². The van der Waals surface area contributed by atoms with E-state index in [1.807, 2.05) is 41.3 Å². The standard InChI is InChI=1S/C30H31N3O6/c1-37-24-12-5-4-8-20(24)18-26(34)32-16-14-31(15-17-32)23-11-7-10-22-27(23)30(36)33(29(22)35)19-21-9-6-13-25(38-2)28(21)39-3/h4-13H,14-19H2,1-3H3. The van der Waals surface area contributed by atoms with Gasteiger partial charge in [0.1, 0.15) is 5.75 Å². The second kappa shape index (κ2) is 11.1. The summed E-state index contributed by atoms with van der Waals surface area (Å²) in [6.07, 6.45) is 0.264. The second-order valence-electron chi connectivity index (χ2n) is 9.41. The fourth-order valence-corrected chi connectivity index (χ4v) is 5.29. The van der Waals surface area contributed by atoms with Crippen LogP contribution in [0.4, 0.5) is 5.69 Å². The molecule has 0 atom stereocenters. The fraction of sp³-hybridized carbons (Fsp3) is 0.300. The molecule has 0 unspecified atom stereocenters. The molecule has 0 bridgehead atoms. The zero-order chi connectivity index (χ0) is 27.5. The van der Waals surface area contributed by atoms with Crippen molar-refractivity contribution in [2.24, 2.45) is 0 Å². The molecule has 1 saturated heterocycles. The summed E-state index contributed by atoms with van der Waals surface area (Å²) in [4.78, 5) is 45.1. The van der Waals surface area contributed by atoms with E-state index in [1.165, 1.54) is 12.0 Å². The van der Waals surface area contributed by atoms with E-state index in [1.54, 1.807) is 38.5 Å². The molecule has 0 aromatic heterocycles. The van der Waals surface area contributed by atoms with Crippen LogP contribution in [0.25, 0.3) is 0 Å². The van der Waals surface area contributed by atoms with E-state index in [0.29, 0.717) is 65.8 Å². The summed E-state index contributed by atoms with van der Waals surface area (Å²) < 4.78 is 16.3. The van der Waals surface area contributed by atoms with Crippen LogP contribution in [-0.4, -0.2) is 75.0 Å². The minimum absolute atomic E-state index is 0.0297. The number of imide groups is 1. The number of piperazine rings is 1. The van der Waals surface area contributed by atoms with E-state index in [2.05, 4.69) is 4.90 Å². The van der Waals surface area contributed by atoms with Crippen LogP contribution in [0, 0.1) is 0 Å². The van der Waals surface area contributed by atoms with E-state index in [0.717, 1.165) is 5.56 Å². The van der Waals surface area contributed by atoms with Crippen LogP contribution >= 0.6 is 0 Å². The number of methoxy groups -OCH3 is 3. The highest BCUT2D eigenvalue weighted by molar-refractivity contribution is 6.23. The van der Waals surface area contributed by atoms with E-state index in [-0.39, 0.29) is 30.7 Å². The smallest absolute Gasteiger partial charge is 0.263 e. The Hall–Kier alpha value is -4.53. The van der Waals surface area contributed by atoms with Crippen molar-refractivity contribution in [3.05, 3.63) is 82.9 Å².